The quantitative estimate of drug-likeness (QED) is 0.429. The minimum absolute atomic E-state index is 0.00505. The Hall–Kier alpha value is -1.13. The highest BCUT2D eigenvalue weighted by molar-refractivity contribution is 5.82. The number of esters is 1. The van der Waals surface area contributed by atoms with E-state index in [1.54, 1.807) is 12.2 Å². The zero-order chi connectivity index (χ0) is 12.5. The van der Waals surface area contributed by atoms with Crippen LogP contribution in [0.4, 0.5) is 0 Å². The first-order valence-corrected chi connectivity index (χ1v) is 5.97. The van der Waals surface area contributed by atoms with Gasteiger partial charge in [-0.15, -0.1) is 0 Å². The molecule has 0 fully saturated rings. The fraction of sp³-hybridized carbons (Fsp3) is 0.615. The topological polar surface area (TPSA) is 44.8 Å². The number of ether oxygens (including phenoxy) is 3. The molecule has 1 rings (SSSR count). The van der Waals surface area contributed by atoms with Gasteiger partial charge in [-0.25, -0.2) is 4.79 Å². The first-order chi connectivity index (χ1) is 8.22. The lowest BCUT2D eigenvalue weighted by Gasteiger charge is -2.17. The van der Waals surface area contributed by atoms with E-state index in [0.29, 0.717) is 13.4 Å². The summed E-state index contributed by atoms with van der Waals surface area (Å²) in [7, 11) is 0. The van der Waals surface area contributed by atoms with Gasteiger partial charge in [0.2, 0.25) is 0 Å². The fourth-order valence-electron chi connectivity index (χ4n) is 1.47. The van der Waals surface area contributed by atoms with Gasteiger partial charge in [0.25, 0.3) is 0 Å². The van der Waals surface area contributed by atoms with Gasteiger partial charge in [-0.2, -0.15) is 0 Å². The summed E-state index contributed by atoms with van der Waals surface area (Å²) in [6, 6.07) is 0. The molecule has 0 bridgehead atoms. The summed E-state index contributed by atoms with van der Waals surface area (Å²) in [4.78, 5) is 11.2. The summed E-state index contributed by atoms with van der Waals surface area (Å²) in [5.41, 5.74) is 0. The molecule has 0 aliphatic carbocycles. The third kappa shape index (κ3) is 6.24. The molecule has 0 aromatic rings. The maximum absolute atomic E-state index is 11.2. The summed E-state index contributed by atoms with van der Waals surface area (Å²) in [6.45, 7) is 4.75. The van der Waals surface area contributed by atoms with E-state index in [1.165, 1.54) is 6.08 Å². The Bertz CT molecular complexity index is 283. The smallest absolute Gasteiger partial charge is 0.331 e. The van der Waals surface area contributed by atoms with E-state index < -0.39 is 0 Å². The first kappa shape index (κ1) is 13.9. The molecule has 4 nitrogen and oxygen atoms in total. The summed E-state index contributed by atoms with van der Waals surface area (Å²) >= 11 is 0. The molecule has 1 aliphatic rings. The van der Waals surface area contributed by atoms with Gasteiger partial charge in [0.15, 0.2) is 0 Å². The highest BCUT2D eigenvalue weighted by Gasteiger charge is 2.12. The second-order valence-corrected chi connectivity index (χ2v) is 3.88. The van der Waals surface area contributed by atoms with Crippen LogP contribution in [0.1, 0.15) is 26.7 Å². The van der Waals surface area contributed by atoms with Crippen molar-refractivity contribution in [3.63, 3.8) is 0 Å². The van der Waals surface area contributed by atoms with Crippen molar-refractivity contribution in [2.45, 2.75) is 38.9 Å². The lowest BCUT2D eigenvalue weighted by molar-refractivity contribution is -0.143. The largest absolute Gasteiger partial charge is 0.460 e. The second kappa shape index (κ2) is 8.03. The standard InChI is InChI=1S/C13H20O4/c1-3-15-10-16-12-6-4-5-7-13(14)17-11(2)8-9-12/h4-7,11-12H,3,8-10H2,1-2H3/b6-4+,7-5-/t11-,12+/m1/s1. The zero-order valence-electron chi connectivity index (χ0n) is 10.4. The van der Waals surface area contributed by atoms with Crippen LogP contribution in [0.3, 0.4) is 0 Å². The molecule has 0 N–H and O–H groups in total. The van der Waals surface area contributed by atoms with Crippen molar-refractivity contribution in [1.29, 1.82) is 0 Å². The highest BCUT2D eigenvalue weighted by Crippen LogP contribution is 2.11. The van der Waals surface area contributed by atoms with Crippen LogP contribution >= 0.6 is 0 Å². The van der Waals surface area contributed by atoms with Crippen molar-refractivity contribution >= 4 is 5.97 Å². The molecule has 2 atom stereocenters. The predicted octanol–water partition coefficient (Wildman–Crippen LogP) is 2.20. The van der Waals surface area contributed by atoms with Gasteiger partial charge in [0, 0.05) is 12.7 Å². The van der Waals surface area contributed by atoms with Crippen molar-refractivity contribution in [2.75, 3.05) is 13.4 Å². The molecule has 4 heteroatoms. The van der Waals surface area contributed by atoms with Gasteiger partial charge in [-0.05, 0) is 26.7 Å². The third-order valence-corrected chi connectivity index (χ3v) is 2.41. The van der Waals surface area contributed by atoms with Crippen molar-refractivity contribution < 1.29 is 19.0 Å². The molecule has 0 aromatic carbocycles. The molecule has 0 unspecified atom stereocenters. The molecule has 96 valence electrons. The van der Waals surface area contributed by atoms with E-state index in [1.807, 2.05) is 19.9 Å². The average molecular weight is 240 g/mol. The third-order valence-electron chi connectivity index (χ3n) is 2.41. The maximum atomic E-state index is 11.2. The van der Waals surface area contributed by atoms with Crippen LogP contribution in [0.5, 0.6) is 0 Å². The highest BCUT2D eigenvalue weighted by atomic mass is 16.7. The Balaban J connectivity index is 2.49. The van der Waals surface area contributed by atoms with E-state index in [0.717, 1.165) is 12.8 Å². The van der Waals surface area contributed by atoms with Crippen LogP contribution in [0.25, 0.3) is 0 Å². The summed E-state index contributed by atoms with van der Waals surface area (Å²) in [5.74, 6) is -0.296. The molecular formula is C13H20O4. The van der Waals surface area contributed by atoms with Gasteiger partial charge in [0.1, 0.15) is 6.79 Å². The average Bonchev–Trinajstić information content (AvgIpc) is 2.30. The molecule has 0 radical (unpaired) electrons. The Morgan fingerprint density at radius 3 is 3.00 bits per heavy atom. The van der Waals surface area contributed by atoms with Crippen molar-refractivity contribution in [3.8, 4) is 0 Å². The van der Waals surface area contributed by atoms with E-state index in [9.17, 15) is 4.79 Å². The number of hydrogen-bond acceptors (Lipinski definition) is 4. The monoisotopic (exact) mass is 240 g/mol. The molecule has 17 heavy (non-hydrogen) atoms. The number of carbonyl (C=O) groups excluding carboxylic acids is 1. The Labute approximate surface area is 102 Å². The van der Waals surface area contributed by atoms with E-state index in [-0.39, 0.29) is 18.2 Å². The number of cyclic esters (lactones) is 1. The summed E-state index contributed by atoms with van der Waals surface area (Å²) in [6.07, 6.45) is 8.32. The summed E-state index contributed by atoms with van der Waals surface area (Å²) in [5, 5.41) is 0. The normalized spacial score (nSPS) is 29.4. The van der Waals surface area contributed by atoms with E-state index >= 15 is 0 Å². The van der Waals surface area contributed by atoms with Crippen molar-refractivity contribution in [3.05, 3.63) is 24.3 Å². The molecule has 0 amide bonds. The van der Waals surface area contributed by atoms with Crippen molar-refractivity contribution in [2.24, 2.45) is 0 Å². The Morgan fingerprint density at radius 1 is 1.41 bits per heavy atom. The van der Waals surface area contributed by atoms with Crippen LogP contribution < -0.4 is 0 Å². The SMILES string of the molecule is CCOCO[C@H]1/C=C/C=C\C(=O)O[C@H](C)CC1. The Morgan fingerprint density at radius 2 is 2.24 bits per heavy atom. The van der Waals surface area contributed by atoms with Gasteiger partial charge in [-0.1, -0.05) is 18.2 Å². The van der Waals surface area contributed by atoms with Gasteiger partial charge in [-0.3, -0.25) is 0 Å². The van der Waals surface area contributed by atoms with Gasteiger partial charge >= 0.3 is 5.97 Å². The zero-order valence-corrected chi connectivity index (χ0v) is 10.4. The van der Waals surface area contributed by atoms with Crippen molar-refractivity contribution in [1.82, 2.24) is 0 Å². The molecular weight excluding hydrogens is 220 g/mol. The van der Waals surface area contributed by atoms with Crippen LogP contribution in [0, 0.1) is 0 Å². The molecule has 0 saturated heterocycles. The second-order valence-electron chi connectivity index (χ2n) is 3.88. The first-order valence-electron chi connectivity index (χ1n) is 5.97. The lowest BCUT2D eigenvalue weighted by Crippen LogP contribution is -2.19. The van der Waals surface area contributed by atoms with Crippen LogP contribution in [-0.4, -0.2) is 31.6 Å². The lowest BCUT2D eigenvalue weighted by atomic mass is 10.1. The van der Waals surface area contributed by atoms with Gasteiger partial charge in [0.05, 0.1) is 12.2 Å². The Kier molecular flexibility index (Phi) is 6.58. The van der Waals surface area contributed by atoms with E-state index in [2.05, 4.69) is 0 Å². The minimum atomic E-state index is -0.296. The molecule has 0 spiro atoms. The fourth-order valence-corrected chi connectivity index (χ4v) is 1.47. The van der Waals surface area contributed by atoms with Crippen LogP contribution in [0.2, 0.25) is 0 Å². The molecule has 1 heterocycles. The maximum Gasteiger partial charge on any atom is 0.331 e. The van der Waals surface area contributed by atoms with Gasteiger partial charge < -0.3 is 14.2 Å². The van der Waals surface area contributed by atoms with E-state index in [4.69, 9.17) is 14.2 Å². The molecule has 0 saturated carbocycles. The molecule has 0 aromatic heterocycles. The van der Waals surface area contributed by atoms with Crippen LogP contribution in [-0.2, 0) is 19.0 Å². The number of allylic oxidation sites excluding steroid dienone is 2. The number of hydrogen-bond donors (Lipinski definition) is 0. The predicted molar refractivity (Wildman–Crippen MR) is 64.4 cm³/mol. The van der Waals surface area contributed by atoms with Crippen LogP contribution in [0.15, 0.2) is 24.3 Å². The molecule has 1 aliphatic heterocycles. The summed E-state index contributed by atoms with van der Waals surface area (Å²) < 4.78 is 15.8. The minimum Gasteiger partial charge on any atom is -0.460 e. The number of rotatable bonds is 4. The number of carbonyl (C=O) groups is 1.